The molecule has 0 spiro atoms. The Labute approximate surface area is 117 Å². The van der Waals surface area contributed by atoms with Crippen molar-refractivity contribution in [3.63, 3.8) is 0 Å². The zero-order chi connectivity index (χ0) is 14.6. The predicted octanol–water partition coefficient (Wildman–Crippen LogP) is 3.30. The third-order valence-corrected chi connectivity index (χ3v) is 2.91. The van der Waals surface area contributed by atoms with Crippen LogP contribution in [0.2, 0.25) is 5.02 Å². The number of anilines is 1. The Morgan fingerprint density at radius 2 is 2.05 bits per heavy atom. The van der Waals surface area contributed by atoms with Gasteiger partial charge in [0.1, 0.15) is 0 Å². The summed E-state index contributed by atoms with van der Waals surface area (Å²) in [7, 11) is 0. The SMILES string of the molecule is CCN(C(=O)Nc1ccc(Cl)cc1C(=O)O)C(C)C. The lowest BCUT2D eigenvalue weighted by atomic mass is 10.2. The van der Waals surface area contributed by atoms with Gasteiger partial charge in [-0.1, -0.05) is 11.6 Å². The average Bonchev–Trinajstić information content (AvgIpc) is 2.31. The van der Waals surface area contributed by atoms with Gasteiger partial charge in [0.2, 0.25) is 0 Å². The second-order valence-electron chi connectivity index (χ2n) is 4.30. The number of benzene rings is 1. The van der Waals surface area contributed by atoms with Crippen LogP contribution in [0.3, 0.4) is 0 Å². The number of halogens is 1. The van der Waals surface area contributed by atoms with Crippen molar-refractivity contribution < 1.29 is 14.7 Å². The number of rotatable bonds is 4. The topological polar surface area (TPSA) is 69.6 Å². The number of urea groups is 1. The van der Waals surface area contributed by atoms with Crippen LogP contribution in [-0.2, 0) is 0 Å². The predicted molar refractivity (Wildman–Crippen MR) is 74.9 cm³/mol. The number of carboxylic acid groups (broad SMARTS) is 1. The Hall–Kier alpha value is -1.75. The second kappa shape index (κ2) is 6.43. The van der Waals surface area contributed by atoms with E-state index >= 15 is 0 Å². The van der Waals surface area contributed by atoms with Crippen molar-refractivity contribution in [1.82, 2.24) is 4.90 Å². The van der Waals surface area contributed by atoms with Gasteiger partial charge in [0.15, 0.2) is 0 Å². The maximum absolute atomic E-state index is 12.0. The van der Waals surface area contributed by atoms with E-state index in [-0.39, 0.29) is 23.3 Å². The Morgan fingerprint density at radius 3 is 2.53 bits per heavy atom. The summed E-state index contributed by atoms with van der Waals surface area (Å²) in [5.41, 5.74) is 0.210. The van der Waals surface area contributed by atoms with Crippen molar-refractivity contribution in [1.29, 1.82) is 0 Å². The summed E-state index contributed by atoms with van der Waals surface area (Å²) in [5.74, 6) is -1.13. The molecule has 2 N–H and O–H groups in total. The summed E-state index contributed by atoms with van der Waals surface area (Å²) in [6, 6.07) is 4.03. The first-order chi connectivity index (χ1) is 8.86. The summed E-state index contributed by atoms with van der Waals surface area (Å²) >= 11 is 5.75. The highest BCUT2D eigenvalue weighted by Gasteiger charge is 2.18. The molecule has 0 saturated heterocycles. The normalized spacial score (nSPS) is 10.4. The van der Waals surface area contributed by atoms with Crippen LogP contribution in [0.1, 0.15) is 31.1 Å². The summed E-state index contributed by atoms with van der Waals surface area (Å²) < 4.78 is 0. The van der Waals surface area contributed by atoms with E-state index in [1.54, 1.807) is 4.90 Å². The molecular formula is C13H17ClN2O3. The molecule has 1 aromatic carbocycles. The Morgan fingerprint density at radius 1 is 1.42 bits per heavy atom. The first kappa shape index (κ1) is 15.3. The molecule has 19 heavy (non-hydrogen) atoms. The third-order valence-electron chi connectivity index (χ3n) is 2.68. The van der Waals surface area contributed by atoms with E-state index in [0.29, 0.717) is 11.6 Å². The van der Waals surface area contributed by atoms with Crippen LogP contribution < -0.4 is 5.32 Å². The Bertz CT molecular complexity index is 489. The fourth-order valence-electron chi connectivity index (χ4n) is 1.73. The first-order valence-corrected chi connectivity index (χ1v) is 6.35. The highest BCUT2D eigenvalue weighted by atomic mass is 35.5. The van der Waals surface area contributed by atoms with Crippen molar-refractivity contribution >= 4 is 29.3 Å². The molecule has 0 saturated carbocycles. The van der Waals surface area contributed by atoms with Gasteiger partial charge in [-0.25, -0.2) is 9.59 Å². The van der Waals surface area contributed by atoms with E-state index in [1.807, 2.05) is 20.8 Å². The number of carbonyl (C=O) groups is 2. The van der Waals surface area contributed by atoms with Crippen LogP contribution in [0.5, 0.6) is 0 Å². The number of carbonyl (C=O) groups excluding carboxylic acids is 1. The maximum atomic E-state index is 12.0. The third kappa shape index (κ3) is 3.86. The van der Waals surface area contributed by atoms with E-state index in [9.17, 15) is 9.59 Å². The highest BCUT2D eigenvalue weighted by Crippen LogP contribution is 2.21. The van der Waals surface area contributed by atoms with Crippen LogP contribution in [0.25, 0.3) is 0 Å². The van der Waals surface area contributed by atoms with Gasteiger partial charge in [0, 0.05) is 17.6 Å². The first-order valence-electron chi connectivity index (χ1n) is 5.97. The average molecular weight is 285 g/mol. The molecule has 5 nitrogen and oxygen atoms in total. The van der Waals surface area contributed by atoms with Gasteiger partial charge in [-0.2, -0.15) is 0 Å². The quantitative estimate of drug-likeness (QED) is 0.891. The molecule has 0 fully saturated rings. The van der Waals surface area contributed by atoms with Crippen LogP contribution >= 0.6 is 11.6 Å². The van der Waals surface area contributed by atoms with Crippen LogP contribution in [0.4, 0.5) is 10.5 Å². The van der Waals surface area contributed by atoms with E-state index in [2.05, 4.69) is 5.32 Å². The van der Waals surface area contributed by atoms with Crippen molar-refractivity contribution in [2.75, 3.05) is 11.9 Å². The number of hydrogen-bond donors (Lipinski definition) is 2. The van der Waals surface area contributed by atoms with Gasteiger partial charge in [0.25, 0.3) is 0 Å². The van der Waals surface area contributed by atoms with E-state index in [1.165, 1.54) is 18.2 Å². The lowest BCUT2D eigenvalue weighted by molar-refractivity contribution is 0.0698. The molecule has 0 heterocycles. The lowest BCUT2D eigenvalue weighted by Gasteiger charge is -2.25. The molecule has 1 rings (SSSR count). The smallest absolute Gasteiger partial charge is 0.337 e. The number of aromatic carboxylic acids is 1. The number of carboxylic acids is 1. The largest absolute Gasteiger partial charge is 0.478 e. The molecule has 0 unspecified atom stereocenters. The van der Waals surface area contributed by atoms with Gasteiger partial charge in [-0.15, -0.1) is 0 Å². The Balaban J connectivity index is 2.99. The molecule has 0 aliphatic heterocycles. The summed E-state index contributed by atoms with van der Waals surface area (Å²) in [6.45, 7) is 6.19. The van der Waals surface area contributed by atoms with Crippen molar-refractivity contribution in [2.45, 2.75) is 26.8 Å². The fraction of sp³-hybridized carbons (Fsp3) is 0.385. The zero-order valence-electron chi connectivity index (χ0n) is 11.1. The molecule has 0 atom stereocenters. The van der Waals surface area contributed by atoms with Gasteiger partial charge >= 0.3 is 12.0 Å². The molecule has 0 aromatic heterocycles. The summed E-state index contributed by atoms with van der Waals surface area (Å²) in [4.78, 5) is 24.7. The Kier molecular flexibility index (Phi) is 5.18. The molecule has 2 amide bonds. The minimum absolute atomic E-state index is 0.0272. The van der Waals surface area contributed by atoms with Crippen molar-refractivity contribution in [2.24, 2.45) is 0 Å². The number of amides is 2. The van der Waals surface area contributed by atoms with Crippen LogP contribution in [0.15, 0.2) is 18.2 Å². The monoisotopic (exact) mass is 284 g/mol. The van der Waals surface area contributed by atoms with E-state index in [0.717, 1.165) is 0 Å². The van der Waals surface area contributed by atoms with Crippen LogP contribution in [-0.4, -0.2) is 34.6 Å². The zero-order valence-corrected chi connectivity index (χ0v) is 11.9. The minimum atomic E-state index is -1.13. The molecule has 0 radical (unpaired) electrons. The number of nitrogens with zero attached hydrogens (tertiary/aromatic N) is 1. The van der Waals surface area contributed by atoms with Gasteiger partial charge < -0.3 is 15.3 Å². The molecule has 6 heteroatoms. The molecule has 0 aliphatic rings. The van der Waals surface area contributed by atoms with Gasteiger partial charge in [0.05, 0.1) is 11.3 Å². The highest BCUT2D eigenvalue weighted by molar-refractivity contribution is 6.31. The molecule has 1 aromatic rings. The maximum Gasteiger partial charge on any atom is 0.337 e. The molecular weight excluding hydrogens is 268 g/mol. The summed E-state index contributed by atoms with van der Waals surface area (Å²) in [6.07, 6.45) is 0. The van der Waals surface area contributed by atoms with Gasteiger partial charge in [-0.05, 0) is 39.0 Å². The van der Waals surface area contributed by atoms with Crippen molar-refractivity contribution in [3.05, 3.63) is 28.8 Å². The van der Waals surface area contributed by atoms with E-state index in [4.69, 9.17) is 16.7 Å². The number of hydrogen-bond acceptors (Lipinski definition) is 2. The second-order valence-corrected chi connectivity index (χ2v) is 4.74. The van der Waals surface area contributed by atoms with Crippen molar-refractivity contribution in [3.8, 4) is 0 Å². The minimum Gasteiger partial charge on any atom is -0.478 e. The standard InChI is InChI=1S/C13H17ClN2O3/c1-4-16(8(2)3)13(19)15-11-6-5-9(14)7-10(11)12(17)18/h5-8H,4H2,1-3H3,(H,15,19)(H,17,18). The summed E-state index contributed by atoms with van der Waals surface area (Å²) in [5, 5.41) is 12.0. The van der Waals surface area contributed by atoms with Crippen LogP contribution in [0, 0.1) is 0 Å². The lowest BCUT2D eigenvalue weighted by Crippen LogP contribution is -2.40. The number of nitrogens with one attached hydrogen (secondary N) is 1. The molecule has 104 valence electrons. The van der Waals surface area contributed by atoms with E-state index < -0.39 is 5.97 Å². The molecule has 0 bridgehead atoms. The van der Waals surface area contributed by atoms with Gasteiger partial charge in [-0.3, -0.25) is 0 Å². The fourth-order valence-corrected chi connectivity index (χ4v) is 1.90. The molecule has 0 aliphatic carbocycles.